The Balaban J connectivity index is 2.18. The van der Waals surface area contributed by atoms with Crippen molar-refractivity contribution in [1.29, 1.82) is 0 Å². The van der Waals surface area contributed by atoms with Crippen LogP contribution in [-0.2, 0) is 0 Å². The van der Waals surface area contributed by atoms with E-state index in [0.717, 1.165) is 29.9 Å². The number of carbonyl (C=O) groups is 1. The van der Waals surface area contributed by atoms with E-state index in [0.29, 0.717) is 5.56 Å². The lowest BCUT2D eigenvalue weighted by molar-refractivity contribution is 0.0993. The van der Waals surface area contributed by atoms with E-state index < -0.39 is 0 Å². The lowest BCUT2D eigenvalue weighted by atomic mass is 10.1. The van der Waals surface area contributed by atoms with Crippen molar-refractivity contribution in [2.75, 3.05) is 23.8 Å². The van der Waals surface area contributed by atoms with E-state index in [1.165, 1.54) is 0 Å². The van der Waals surface area contributed by atoms with Crippen molar-refractivity contribution in [3.63, 3.8) is 0 Å². The molecule has 0 fully saturated rings. The second-order valence-corrected chi connectivity index (χ2v) is 5.16. The normalized spacial score (nSPS) is 10.2. The third-order valence-electron chi connectivity index (χ3n) is 3.49. The molecular formula is C18H22N2O. The van der Waals surface area contributed by atoms with Crippen LogP contribution in [0.5, 0.6) is 0 Å². The SMILES string of the molecule is CCCNc1ccc(C(=O)N(C)c2ccccc2)cc1C. The van der Waals surface area contributed by atoms with Gasteiger partial charge in [0.1, 0.15) is 0 Å². The summed E-state index contributed by atoms with van der Waals surface area (Å²) in [6.45, 7) is 5.10. The fraction of sp³-hybridized carbons (Fsp3) is 0.278. The zero-order valence-electron chi connectivity index (χ0n) is 12.9. The second kappa shape index (κ2) is 6.93. The zero-order valence-corrected chi connectivity index (χ0v) is 12.9. The van der Waals surface area contributed by atoms with Crippen LogP contribution in [0.25, 0.3) is 0 Å². The first kappa shape index (κ1) is 15.1. The van der Waals surface area contributed by atoms with Crippen LogP contribution in [0.3, 0.4) is 0 Å². The third-order valence-corrected chi connectivity index (χ3v) is 3.49. The molecule has 0 saturated heterocycles. The minimum atomic E-state index is 0.00587. The monoisotopic (exact) mass is 282 g/mol. The average molecular weight is 282 g/mol. The first-order valence-electron chi connectivity index (χ1n) is 7.31. The molecule has 1 N–H and O–H groups in total. The molecule has 2 aromatic rings. The van der Waals surface area contributed by atoms with E-state index in [2.05, 4.69) is 12.2 Å². The Morgan fingerprint density at radius 3 is 2.48 bits per heavy atom. The van der Waals surface area contributed by atoms with Gasteiger partial charge in [0, 0.05) is 30.5 Å². The molecule has 3 nitrogen and oxygen atoms in total. The number of carbonyl (C=O) groups excluding carboxylic acids is 1. The zero-order chi connectivity index (χ0) is 15.2. The van der Waals surface area contributed by atoms with Crippen LogP contribution >= 0.6 is 0 Å². The van der Waals surface area contributed by atoms with Crippen molar-refractivity contribution in [3.05, 3.63) is 59.7 Å². The van der Waals surface area contributed by atoms with Gasteiger partial charge in [0.15, 0.2) is 0 Å². The molecule has 0 aliphatic rings. The van der Waals surface area contributed by atoms with Crippen LogP contribution in [0.1, 0.15) is 29.3 Å². The van der Waals surface area contributed by atoms with Crippen LogP contribution in [0.2, 0.25) is 0 Å². The molecular weight excluding hydrogens is 260 g/mol. The molecule has 0 aliphatic heterocycles. The number of para-hydroxylation sites is 1. The fourth-order valence-corrected chi connectivity index (χ4v) is 2.22. The number of nitrogens with zero attached hydrogens (tertiary/aromatic N) is 1. The smallest absolute Gasteiger partial charge is 0.258 e. The highest BCUT2D eigenvalue weighted by Gasteiger charge is 2.14. The maximum absolute atomic E-state index is 12.5. The van der Waals surface area contributed by atoms with Crippen LogP contribution in [-0.4, -0.2) is 19.5 Å². The summed E-state index contributed by atoms with van der Waals surface area (Å²) >= 11 is 0. The summed E-state index contributed by atoms with van der Waals surface area (Å²) in [6.07, 6.45) is 1.08. The molecule has 21 heavy (non-hydrogen) atoms. The molecule has 0 aromatic heterocycles. The number of amides is 1. The third kappa shape index (κ3) is 3.63. The minimum Gasteiger partial charge on any atom is -0.385 e. The summed E-state index contributed by atoms with van der Waals surface area (Å²) in [4.78, 5) is 14.2. The summed E-state index contributed by atoms with van der Waals surface area (Å²) in [5, 5.41) is 3.36. The summed E-state index contributed by atoms with van der Waals surface area (Å²) in [6, 6.07) is 15.5. The molecule has 2 aromatic carbocycles. The molecule has 2 rings (SSSR count). The molecule has 0 radical (unpaired) electrons. The van der Waals surface area contributed by atoms with Crippen molar-refractivity contribution >= 4 is 17.3 Å². The molecule has 0 aliphatic carbocycles. The van der Waals surface area contributed by atoms with E-state index >= 15 is 0 Å². The van der Waals surface area contributed by atoms with Crippen LogP contribution < -0.4 is 10.2 Å². The summed E-state index contributed by atoms with van der Waals surface area (Å²) < 4.78 is 0. The lowest BCUT2D eigenvalue weighted by Crippen LogP contribution is -2.26. The largest absolute Gasteiger partial charge is 0.385 e. The van der Waals surface area contributed by atoms with Crippen molar-refractivity contribution in [1.82, 2.24) is 0 Å². The molecule has 1 amide bonds. The van der Waals surface area contributed by atoms with Crippen LogP contribution in [0, 0.1) is 6.92 Å². The second-order valence-electron chi connectivity index (χ2n) is 5.16. The van der Waals surface area contributed by atoms with Gasteiger partial charge in [0.2, 0.25) is 0 Å². The van der Waals surface area contributed by atoms with Gasteiger partial charge < -0.3 is 10.2 Å². The number of rotatable bonds is 5. The van der Waals surface area contributed by atoms with E-state index in [4.69, 9.17) is 0 Å². The fourth-order valence-electron chi connectivity index (χ4n) is 2.22. The van der Waals surface area contributed by atoms with E-state index in [1.54, 1.807) is 11.9 Å². The summed E-state index contributed by atoms with van der Waals surface area (Å²) in [5.41, 5.74) is 3.79. The highest BCUT2D eigenvalue weighted by molar-refractivity contribution is 6.06. The van der Waals surface area contributed by atoms with Gasteiger partial charge in [-0.15, -0.1) is 0 Å². The van der Waals surface area contributed by atoms with Gasteiger partial charge in [-0.1, -0.05) is 25.1 Å². The Labute approximate surface area is 126 Å². The predicted molar refractivity (Wildman–Crippen MR) is 89.1 cm³/mol. The molecule has 0 spiro atoms. The van der Waals surface area contributed by atoms with Gasteiger partial charge in [-0.2, -0.15) is 0 Å². The van der Waals surface area contributed by atoms with Gasteiger partial charge in [-0.25, -0.2) is 0 Å². The molecule has 0 unspecified atom stereocenters. The topological polar surface area (TPSA) is 32.3 Å². The average Bonchev–Trinajstić information content (AvgIpc) is 2.53. The van der Waals surface area contributed by atoms with Crippen LogP contribution in [0.4, 0.5) is 11.4 Å². The van der Waals surface area contributed by atoms with Gasteiger partial charge in [0.05, 0.1) is 0 Å². The first-order chi connectivity index (χ1) is 10.1. The Hall–Kier alpha value is -2.29. The molecule has 0 saturated carbocycles. The van der Waals surface area contributed by atoms with Gasteiger partial charge in [-0.05, 0) is 49.2 Å². The Morgan fingerprint density at radius 1 is 1.14 bits per heavy atom. The highest BCUT2D eigenvalue weighted by Crippen LogP contribution is 2.20. The van der Waals surface area contributed by atoms with Crippen molar-refractivity contribution in [3.8, 4) is 0 Å². The maximum Gasteiger partial charge on any atom is 0.258 e. The predicted octanol–water partition coefficient (Wildman–Crippen LogP) is 4.09. The van der Waals surface area contributed by atoms with E-state index in [1.807, 2.05) is 55.5 Å². The van der Waals surface area contributed by atoms with Crippen LogP contribution in [0.15, 0.2) is 48.5 Å². The Bertz CT molecular complexity index is 608. The van der Waals surface area contributed by atoms with Crippen molar-refractivity contribution in [2.45, 2.75) is 20.3 Å². The summed E-state index contributed by atoms with van der Waals surface area (Å²) in [5.74, 6) is 0.00587. The van der Waals surface area contributed by atoms with Gasteiger partial charge >= 0.3 is 0 Å². The Morgan fingerprint density at radius 2 is 1.86 bits per heavy atom. The van der Waals surface area contributed by atoms with E-state index in [-0.39, 0.29) is 5.91 Å². The standard InChI is InChI=1S/C18H22N2O/c1-4-12-19-17-11-10-15(13-14(17)2)18(21)20(3)16-8-6-5-7-9-16/h5-11,13,19H,4,12H2,1-3H3. The number of nitrogens with one attached hydrogen (secondary N) is 1. The molecule has 0 heterocycles. The van der Waals surface area contributed by atoms with Gasteiger partial charge in [-0.3, -0.25) is 4.79 Å². The first-order valence-corrected chi connectivity index (χ1v) is 7.31. The van der Waals surface area contributed by atoms with E-state index in [9.17, 15) is 4.79 Å². The molecule has 0 atom stereocenters. The number of anilines is 2. The van der Waals surface area contributed by atoms with Crippen molar-refractivity contribution in [2.24, 2.45) is 0 Å². The number of aryl methyl sites for hydroxylation is 1. The quantitative estimate of drug-likeness (QED) is 0.895. The maximum atomic E-state index is 12.5. The van der Waals surface area contributed by atoms with Crippen molar-refractivity contribution < 1.29 is 4.79 Å². The molecule has 3 heteroatoms. The molecule has 110 valence electrons. The highest BCUT2D eigenvalue weighted by atomic mass is 16.2. The Kier molecular flexibility index (Phi) is 4.99. The summed E-state index contributed by atoms with van der Waals surface area (Å²) in [7, 11) is 1.80. The molecule has 0 bridgehead atoms. The number of hydrogen-bond acceptors (Lipinski definition) is 2. The number of benzene rings is 2. The van der Waals surface area contributed by atoms with Gasteiger partial charge in [0.25, 0.3) is 5.91 Å². The minimum absolute atomic E-state index is 0.00587. The lowest BCUT2D eigenvalue weighted by Gasteiger charge is -2.18. The number of hydrogen-bond donors (Lipinski definition) is 1.